The van der Waals surface area contributed by atoms with E-state index >= 15 is 0 Å². The van der Waals surface area contributed by atoms with Crippen molar-refractivity contribution in [3.8, 4) is 11.5 Å². The van der Waals surface area contributed by atoms with E-state index in [1.807, 2.05) is 25.1 Å². The molecule has 5 nitrogen and oxygen atoms in total. The molecule has 2 unspecified atom stereocenters. The number of carbonyl (C=O) groups excluding carboxylic acids is 2. The fraction of sp³-hybridized carbons (Fsp3) is 0.333. The summed E-state index contributed by atoms with van der Waals surface area (Å²) in [5, 5.41) is 2.97. The molecule has 0 saturated carbocycles. The molecular formula is C24H25NO4. The summed E-state index contributed by atoms with van der Waals surface area (Å²) in [4.78, 5) is 25.8. The van der Waals surface area contributed by atoms with Crippen molar-refractivity contribution in [2.45, 2.75) is 38.0 Å². The maximum atomic E-state index is 13.2. The lowest BCUT2D eigenvalue weighted by Crippen LogP contribution is -2.38. The van der Waals surface area contributed by atoms with E-state index in [-0.39, 0.29) is 29.9 Å². The Labute approximate surface area is 170 Å². The summed E-state index contributed by atoms with van der Waals surface area (Å²) >= 11 is 0. The first-order valence-electron chi connectivity index (χ1n) is 9.85. The highest BCUT2D eigenvalue weighted by Gasteiger charge is 2.39. The van der Waals surface area contributed by atoms with Gasteiger partial charge in [0.2, 0.25) is 5.91 Å². The van der Waals surface area contributed by atoms with Gasteiger partial charge < -0.3 is 14.8 Å². The molecule has 0 spiro atoms. The number of hydrogen-bond acceptors (Lipinski definition) is 4. The summed E-state index contributed by atoms with van der Waals surface area (Å²) in [7, 11) is 3.16. The highest BCUT2D eigenvalue weighted by atomic mass is 16.5. The van der Waals surface area contributed by atoms with Crippen molar-refractivity contribution >= 4 is 11.7 Å². The second-order valence-corrected chi connectivity index (χ2v) is 7.72. The highest BCUT2D eigenvalue weighted by Crippen LogP contribution is 2.46. The molecule has 150 valence electrons. The summed E-state index contributed by atoms with van der Waals surface area (Å²) in [5.41, 5.74) is 4.59. The zero-order valence-corrected chi connectivity index (χ0v) is 17.0. The number of allylic oxidation sites excluding steroid dienone is 2. The van der Waals surface area contributed by atoms with Crippen LogP contribution in [0.1, 0.15) is 47.8 Å². The second kappa shape index (κ2) is 7.74. The molecule has 0 radical (unpaired) electrons. The van der Waals surface area contributed by atoms with Crippen LogP contribution in [0.4, 0.5) is 0 Å². The molecule has 4 rings (SSSR count). The van der Waals surface area contributed by atoms with E-state index in [0.29, 0.717) is 29.9 Å². The Morgan fingerprint density at radius 1 is 0.931 bits per heavy atom. The van der Waals surface area contributed by atoms with Gasteiger partial charge in [-0.15, -0.1) is 0 Å². The van der Waals surface area contributed by atoms with E-state index < -0.39 is 0 Å². The van der Waals surface area contributed by atoms with Crippen LogP contribution in [0.3, 0.4) is 0 Å². The largest absolute Gasteiger partial charge is 0.493 e. The predicted molar refractivity (Wildman–Crippen MR) is 110 cm³/mol. The Balaban J connectivity index is 1.75. The van der Waals surface area contributed by atoms with Gasteiger partial charge in [0.1, 0.15) is 0 Å². The van der Waals surface area contributed by atoms with Crippen LogP contribution in [-0.2, 0) is 9.59 Å². The van der Waals surface area contributed by atoms with E-state index in [4.69, 9.17) is 9.47 Å². The lowest BCUT2D eigenvalue weighted by atomic mass is 9.73. The minimum atomic E-state index is -0.324. The first-order chi connectivity index (χ1) is 14.0. The van der Waals surface area contributed by atoms with Gasteiger partial charge in [0, 0.05) is 35.6 Å². The maximum absolute atomic E-state index is 13.2. The number of hydrogen-bond donors (Lipinski definition) is 1. The van der Waals surface area contributed by atoms with E-state index in [0.717, 1.165) is 16.8 Å². The van der Waals surface area contributed by atoms with Crippen molar-refractivity contribution in [1.82, 2.24) is 5.32 Å². The summed E-state index contributed by atoms with van der Waals surface area (Å²) in [5.74, 6) is 0.944. The number of amides is 1. The van der Waals surface area contributed by atoms with Crippen LogP contribution >= 0.6 is 0 Å². The summed E-state index contributed by atoms with van der Waals surface area (Å²) < 4.78 is 11.0. The molecule has 1 aliphatic heterocycles. The molecule has 2 aromatic rings. The number of ether oxygens (including phenoxy) is 2. The molecule has 0 saturated heterocycles. The number of benzene rings is 2. The molecule has 5 heteroatoms. The van der Waals surface area contributed by atoms with Crippen LogP contribution in [0, 0.1) is 6.92 Å². The number of nitrogens with one attached hydrogen (secondary N) is 1. The summed E-state index contributed by atoms with van der Waals surface area (Å²) in [6.07, 6.45) is 1.32. The average Bonchev–Trinajstić information content (AvgIpc) is 2.72. The number of carbonyl (C=O) groups is 2. The van der Waals surface area contributed by atoms with Crippen LogP contribution in [0.2, 0.25) is 0 Å². The lowest BCUT2D eigenvalue weighted by molar-refractivity contribution is -0.122. The molecular weight excluding hydrogens is 366 g/mol. The Kier molecular flexibility index (Phi) is 5.14. The monoisotopic (exact) mass is 391 g/mol. The Bertz CT molecular complexity index is 990. The molecule has 29 heavy (non-hydrogen) atoms. The minimum Gasteiger partial charge on any atom is -0.493 e. The Hall–Kier alpha value is -3.08. The van der Waals surface area contributed by atoms with Crippen LogP contribution in [0.15, 0.2) is 53.7 Å². The highest BCUT2D eigenvalue weighted by molar-refractivity contribution is 6.02. The van der Waals surface area contributed by atoms with E-state index in [1.165, 1.54) is 5.56 Å². The van der Waals surface area contributed by atoms with Crippen LogP contribution in [0.5, 0.6) is 11.5 Å². The number of methoxy groups -OCH3 is 2. The summed E-state index contributed by atoms with van der Waals surface area (Å²) in [6, 6.07) is 13.9. The van der Waals surface area contributed by atoms with Crippen LogP contribution < -0.4 is 14.8 Å². The normalized spacial score (nSPS) is 21.5. The molecule has 1 heterocycles. The standard InChI is InChI=1S/C24H25NO4/c1-14-7-9-15(10-8-14)16-11-19-23(20(26)12-16)18(13-22(27)25-19)17-5-4-6-21(28-2)24(17)29-3/h4-10,16,18H,11-13H2,1-3H3,(H,25,27). The van der Waals surface area contributed by atoms with E-state index in [1.54, 1.807) is 14.2 Å². The third-order valence-electron chi connectivity index (χ3n) is 5.89. The van der Waals surface area contributed by atoms with Gasteiger partial charge in [-0.05, 0) is 30.9 Å². The average molecular weight is 391 g/mol. The second-order valence-electron chi connectivity index (χ2n) is 7.72. The number of para-hydroxylation sites is 1. The zero-order chi connectivity index (χ0) is 20.5. The molecule has 2 aromatic carbocycles. The van der Waals surface area contributed by atoms with Gasteiger partial charge in [0.15, 0.2) is 17.3 Å². The van der Waals surface area contributed by atoms with Gasteiger partial charge in [-0.1, -0.05) is 42.0 Å². The molecule has 2 atom stereocenters. The Morgan fingerprint density at radius 2 is 1.69 bits per heavy atom. The number of aryl methyl sites for hydroxylation is 1. The third-order valence-corrected chi connectivity index (χ3v) is 5.89. The zero-order valence-electron chi connectivity index (χ0n) is 17.0. The van der Waals surface area contributed by atoms with Crippen molar-refractivity contribution in [1.29, 1.82) is 0 Å². The van der Waals surface area contributed by atoms with Crippen LogP contribution in [0.25, 0.3) is 0 Å². The van der Waals surface area contributed by atoms with Gasteiger partial charge in [-0.3, -0.25) is 9.59 Å². The first-order valence-corrected chi connectivity index (χ1v) is 9.85. The molecule has 2 aliphatic rings. The van der Waals surface area contributed by atoms with Crippen molar-refractivity contribution in [3.05, 3.63) is 70.4 Å². The van der Waals surface area contributed by atoms with Gasteiger partial charge in [0.05, 0.1) is 14.2 Å². The SMILES string of the molecule is COc1cccc(C2CC(=O)NC3=C2C(=O)CC(c2ccc(C)cc2)C3)c1OC. The van der Waals surface area contributed by atoms with Crippen molar-refractivity contribution in [2.24, 2.45) is 0 Å². The molecule has 1 N–H and O–H groups in total. The minimum absolute atomic E-state index is 0.0732. The fourth-order valence-corrected chi connectivity index (χ4v) is 4.49. The number of rotatable bonds is 4. The third kappa shape index (κ3) is 3.53. The molecule has 1 aliphatic carbocycles. The number of Topliss-reactive ketones (excluding diaryl/α,β-unsaturated/α-hetero) is 1. The van der Waals surface area contributed by atoms with Crippen molar-refractivity contribution < 1.29 is 19.1 Å². The van der Waals surface area contributed by atoms with Crippen LogP contribution in [-0.4, -0.2) is 25.9 Å². The van der Waals surface area contributed by atoms with Crippen molar-refractivity contribution in [3.63, 3.8) is 0 Å². The van der Waals surface area contributed by atoms with Crippen molar-refractivity contribution in [2.75, 3.05) is 14.2 Å². The maximum Gasteiger partial charge on any atom is 0.225 e. The van der Waals surface area contributed by atoms with E-state index in [2.05, 4.69) is 29.6 Å². The predicted octanol–water partition coefficient (Wildman–Crippen LogP) is 4.02. The molecule has 0 fully saturated rings. The topological polar surface area (TPSA) is 64.6 Å². The molecule has 0 bridgehead atoms. The summed E-state index contributed by atoms with van der Waals surface area (Å²) in [6.45, 7) is 2.05. The van der Waals surface area contributed by atoms with E-state index in [9.17, 15) is 9.59 Å². The Morgan fingerprint density at radius 3 is 2.38 bits per heavy atom. The van der Waals surface area contributed by atoms with Gasteiger partial charge in [0.25, 0.3) is 0 Å². The lowest BCUT2D eigenvalue weighted by Gasteiger charge is -2.35. The molecule has 1 amide bonds. The smallest absolute Gasteiger partial charge is 0.225 e. The quantitative estimate of drug-likeness (QED) is 0.855. The van der Waals surface area contributed by atoms with Gasteiger partial charge >= 0.3 is 0 Å². The number of ketones is 1. The first kappa shape index (κ1) is 19.2. The molecule has 0 aromatic heterocycles. The fourth-order valence-electron chi connectivity index (χ4n) is 4.49. The van der Waals surface area contributed by atoms with Gasteiger partial charge in [-0.25, -0.2) is 0 Å². The van der Waals surface area contributed by atoms with Gasteiger partial charge in [-0.2, -0.15) is 0 Å².